The standard InChI is InChI=1S/C17H27N/c1-3-17(16-12-8-5-9-13-16)18-14(2)15-10-6-4-7-11-15/h4,6-7,10-11,14,16-18H,3,5,8-9,12-13H2,1-2H3. The van der Waals surface area contributed by atoms with Gasteiger partial charge in [-0.3, -0.25) is 0 Å². The summed E-state index contributed by atoms with van der Waals surface area (Å²) in [6.07, 6.45) is 8.41. The fourth-order valence-corrected chi connectivity index (χ4v) is 3.28. The van der Waals surface area contributed by atoms with Crippen LogP contribution in [0, 0.1) is 5.92 Å². The van der Waals surface area contributed by atoms with Crippen molar-refractivity contribution in [3.05, 3.63) is 35.9 Å². The van der Waals surface area contributed by atoms with Gasteiger partial charge in [-0.05, 0) is 37.7 Å². The van der Waals surface area contributed by atoms with Crippen LogP contribution in [0.4, 0.5) is 0 Å². The van der Waals surface area contributed by atoms with Gasteiger partial charge in [0.25, 0.3) is 0 Å². The Morgan fingerprint density at radius 2 is 1.78 bits per heavy atom. The molecule has 0 heterocycles. The van der Waals surface area contributed by atoms with Crippen LogP contribution in [0.1, 0.15) is 64.0 Å². The molecular formula is C17H27N. The Hall–Kier alpha value is -0.820. The second-order valence-electron chi connectivity index (χ2n) is 5.71. The van der Waals surface area contributed by atoms with Crippen molar-refractivity contribution in [2.75, 3.05) is 0 Å². The third-order valence-electron chi connectivity index (χ3n) is 4.42. The van der Waals surface area contributed by atoms with Gasteiger partial charge in [-0.1, -0.05) is 56.5 Å². The van der Waals surface area contributed by atoms with E-state index in [0.717, 1.165) is 5.92 Å². The van der Waals surface area contributed by atoms with E-state index in [0.29, 0.717) is 12.1 Å². The lowest BCUT2D eigenvalue weighted by Gasteiger charge is -2.32. The Morgan fingerprint density at radius 3 is 2.39 bits per heavy atom. The van der Waals surface area contributed by atoms with Gasteiger partial charge in [-0.2, -0.15) is 0 Å². The van der Waals surface area contributed by atoms with Crippen LogP contribution < -0.4 is 5.32 Å². The first-order chi connectivity index (χ1) is 8.81. The van der Waals surface area contributed by atoms with E-state index in [1.807, 2.05) is 0 Å². The maximum absolute atomic E-state index is 3.85. The zero-order chi connectivity index (χ0) is 12.8. The molecule has 0 radical (unpaired) electrons. The molecule has 1 aliphatic rings. The molecule has 1 saturated carbocycles. The lowest BCUT2D eigenvalue weighted by atomic mass is 9.82. The van der Waals surface area contributed by atoms with E-state index in [1.165, 1.54) is 44.1 Å². The van der Waals surface area contributed by atoms with Crippen LogP contribution in [-0.4, -0.2) is 6.04 Å². The molecule has 2 atom stereocenters. The minimum Gasteiger partial charge on any atom is -0.307 e. The van der Waals surface area contributed by atoms with Crippen molar-refractivity contribution in [3.63, 3.8) is 0 Å². The zero-order valence-electron chi connectivity index (χ0n) is 11.9. The first kappa shape index (κ1) is 13.6. The molecule has 2 rings (SSSR count). The van der Waals surface area contributed by atoms with Gasteiger partial charge in [-0.25, -0.2) is 0 Å². The number of hydrogen-bond donors (Lipinski definition) is 1. The fourth-order valence-electron chi connectivity index (χ4n) is 3.28. The second-order valence-corrected chi connectivity index (χ2v) is 5.71. The predicted molar refractivity (Wildman–Crippen MR) is 78.6 cm³/mol. The van der Waals surface area contributed by atoms with Crippen LogP contribution in [0.5, 0.6) is 0 Å². The Balaban J connectivity index is 1.93. The summed E-state index contributed by atoms with van der Waals surface area (Å²) in [6.45, 7) is 4.62. The largest absolute Gasteiger partial charge is 0.307 e. The van der Waals surface area contributed by atoms with Crippen LogP contribution in [0.15, 0.2) is 30.3 Å². The number of benzene rings is 1. The van der Waals surface area contributed by atoms with Gasteiger partial charge in [0.05, 0.1) is 0 Å². The maximum Gasteiger partial charge on any atom is 0.0294 e. The van der Waals surface area contributed by atoms with Gasteiger partial charge in [0.15, 0.2) is 0 Å². The van der Waals surface area contributed by atoms with Crippen LogP contribution in [-0.2, 0) is 0 Å². The van der Waals surface area contributed by atoms with E-state index in [1.54, 1.807) is 0 Å². The molecule has 1 aliphatic carbocycles. The van der Waals surface area contributed by atoms with E-state index in [-0.39, 0.29) is 0 Å². The SMILES string of the molecule is CCC(NC(C)c1ccccc1)C1CCCCC1. The number of hydrogen-bond acceptors (Lipinski definition) is 1. The topological polar surface area (TPSA) is 12.0 Å². The minimum absolute atomic E-state index is 0.470. The average molecular weight is 245 g/mol. The monoisotopic (exact) mass is 245 g/mol. The van der Waals surface area contributed by atoms with Gasteiger partial charge in [0.2, 0.25) is 0 Å². The van der Waals surface area contributed by atoms with Crippen molar-refractivity contribution in [2.45, 2.75) is 64.5 Å². The molecule has 100 valence electrons. The average Bonchev–Trinajstić information content (AvgIpc) is 2.46. The Labute approximate surface area is 112 Å². The molecule has 1 nitrogen and oxygen atoms in total. The molecule has 1 aromatic rings. The molecule has 1 aromatic carbocycles. The summed E-state index contributed by atoms with van der Waals surface area (Å²) >= 11 is 0. The summed E-state index contributed by atoms with van der Waals surface area (Å²) in [5, 5.41) is 3.85. The van der Waals surface area contributed by atoms with Crippen molar-refractivity contribution in [1.82, 2.24) is 5.32 Å². The third-order valence-corrected chi connectivity index (χ3v) is 4.42. The molecule has 0 aliphatic heterocycles. The Bertz CT molecular complexity index is 327. The first-order valence-corrected chi connectivity index (χ1v) is 7.62. The van der Waals surface area contributed by atoms with Crippen molar-refractivity contribution in [1.29, 1.82) is 0 Å². The minimum atomic E-state index is 0.470. The fraction of sp³-hybridized carbons (Fsp3) is 0.647. The molecule has 2 unspecified atom stereocenters. The molecule has 1 N–H and O–H groups in total. The van der Waals surface area contributed by atoms with Gasteiger partial charge in [0, 0.05) is 12.1 Å². The molecule has 1 heteroatoms. The first-order valence-electron chi connectivity index (χ1n) is 7.62. The van der Waals surface area contributed by atoms with E-state index in [9.17, 15) is 0 Å². The summed E-state index contributed by atoms with van der Waals surface area (Å²) < 4.78 is 0. The smallest absolute Gasteiger partial charge is 0.0294 e. The summed E-state index contributed by atoms with van der Waals surface area (Å²) in [5.74, 6) is 0.898. The van der Waals surface area contributed by atoms with Crippen molar-refractivity contribution in [3.8, 4) is 0 Å². The molecule has 0 aromatic heterocycles. The zero-order valence-corrected chi connectivity index (χ0v) is 11.9. The van der Waals surface area contributed by atoms with E-state index in [4.69, 9.17) is 0 Å². The Morgan fingerprint density at radius 1 is 1.11 bits per heavy atom. The van der Waals surface area contributed by atoms with Gasteiger partial charge >= 0.3 is 0 Å². The highest BCUT2D eigenvalue weighted by atomic mass is 14.9. The molecule has 0 bridgehead atoms. The van der Waals surface area contributed by atoms with Crippen molar-refractivity contribution >= 4 is 0 Å². The van der Waals surface area contributed by atoms with E-state index >= 15 is 0 Å². The molecule has 18 heavy (non-hydrogen) atoms. The summed E-state index contributed by atoms with van der Waals surface area (Å²) in [6, 6.07) is 12.0. The van der Waals surface area contributed by atoms with Gasteiger partial charge in [0.1, 0.15) is 0 Å². The van der Waals surface area contributed by atoms with Crippen molar-refractivity contribution in [2.24, 2.45) is 5.92 Å². The third kappa shape index (κ3) is 3.58. The summed E-state index contributed by atoms with van der Waals surface area (Å²) in [4.78, 5) is 0. The van der Waals surface area contributed by atoms with Crippen LogP contribution in [0.2, 0.25) is 0 Å². The highest BCUT2D eigenvalue weighted by molar-refractivity contribution is 5.18. The highest BCUT2D eigenvalue weighted by Gasteiger charge is 2.23. The number of nitrogens with one attached hydrogen (secondary N) is 1. The van der Waals surface area contributed by atoms with Crippen LogP contribution >= 0.6 is 0 Å². The number of rotatable bonds is 5. The molecule has 1 fully saturated rings. The predicted octanol–water partition coefficient (Wildman–Crippen LogP) is 4.70. The highest BCUT2D eigenvalue weighted by Crippen LogP contribution is 2.29. The summed E-state index contributed by atoms with van der Waals surface area (Å²) in [7, 11) is 0. The van der Waals surface area contributed by atoms with Crippen LogP contribution in [0.25, 0.3) is 0 Å². The second kappa shape index (κ2) is 6.94. The molecule has 0 amide bonds. The van der Waals surface area contributed by atoms with Gasteiger partial charge in [-0.15, -0.1) is 0 Å². The van der Waals surface area contributed by atoms with Crippen molar-refractivity contribution < 1.29 is 0 Å². The van der Waals surface area contributed by atoms with E-state index in [2.05, 4.69) is 49.5 Å². The molecular weight excluding hydrogens is 218 g/mol. The van der Waals surface area contributed by atoms with E-state index < -0.39 is 0 Å². The normalized spacial score (nSPS) is 20.6. The molecule has 0 spiro atoms. The molecule has 0 saturated heterocycles. The lowest BCUT2D eigenvalue weighted by Crippen LogP contribution is -2.38. The van der Waals surface area contributed by atoms with Gasteiger partial charge < -0.3 is 5.32 Å². The summed E-state index contributed by atoms with van der Waals surface area (Å²) in [5.41, 5.74) is 1.41. The van der Waals surface area contributed by atoms with Crippen LogP contribution in [0.3, 0.4) is 0 Å². The quantitative estimate of drug-likeness (QED) is 0.793. The lowest BCUT2D eigenvalue weighted by molar-refractivity contribution is 0.249. The maximum atomic E-state index is 3.85. The Kier molecular flexibility index (Phi) is 5.25.